The summed E-state index contributed by atoms with van der Waals surface area (Å²) < 4.78 is 17.0. The second-order valence-electron chi connectivity index (χ2n) is 3.79. The van der Waals surface area contributed by atoms with Crippen molar-refractivity contribution in [3.8, 4) is 0 Å². The molecule has 0 saturated heterocycles. The number of rotatable bonds is 5. The van der Waals surface area contributed by atoms with Crippen LogP contribution in [0.4, 0.5) is 5.69 Å². The van der Waals surface area contributed by atoms with Gasteiger partial charge in [-0.3, -0.25) is 14.3 Å². The molecule has 0 amide bonds. The maximum Gasteiger partial charge on any atom is 0.372 e. The molecule has 0 aliphatic carbocycles. The van der Waals surface area contributed by atoms with E-state index in [4.69, 9.17) is 9.52 Å². The van der Waals surface area contributed by atoms with Crippen LogP contribution in [0.1, 0.15) is 16.1 Å². The topological polar surface area (TPSA) is 111 Å². The molecule has 0 spiro atoms. The van der Waals surface area contributed by atoms with Crippen molar-refractivity contribution in [2.24, 2.45) is 0 Å². The molecular weight excluding hydrogens is 286 g/mol. The van der Waals surface area contributed by atoms with E-state index in [0.717, 1.165) is 0 Å². The van der Waals surface area contributed by atoms with E-state index in [1.165, 1.54) is 36.6 Å². The lowest BCUT2D eigenvalue weighted by Gasteiger charge is -2.02. The number of hydrogen-bond acceptors (Lipinski definition) is 5. The molecule has 2 rings (SSSR count). The van der Waals surface area contributed by atoms with Crippen LogP contribution in [-0.2, 0) is 16.6 Å². The van der Waals surface area contributed by atoms with Gasteiger partial charge >= 0.3 is 5.97 Å². The zero-order valence-corrected chi connectivity index (χ0v) is 10.8. The Morgan fingerprint density at radius 1 is 1.35 bits per heavy atom. The highest BCUT2D eigenvalue weighted by Crippen LogP contribution is 2.24. The summed E-state index contributed by atoms with van der Waals surface area (Å²) >= 11 is 0. The molecule has 1 unspecified atom stereocenters. The smallest absolute Gasteiger partial charge is 0.372 e. The second-order valence-corrected chi connectivity index (χ2v) is 5.21. The van der Waals surface area contributed by atoms with Crippen LogP contribution in [-0.4, -0.2) is 20.2 Å². The Morgan fingerprint density at radius 2 is 2.05 bits per heavy atom. The molecule has 0 saturated carbocycles. The summed E-state index contributed by atoms with van der Waals surface area (Å²) in [5.41, 5.74) is -0.0276. The van der Waals surface area contributed by atoms with E-state index in [1.54, 1.807) is 0 Å². The molecule has 20 heavy (non-hydrogen) atoms. The van der Waals surface area contributed by atoms with Gasteiger partial charge in [0.15, 0.2) is 0 Å². The first kappa shape index (κ1) is 13.9. The van der Waals surface area contributed by atoms with Crippen LogP contribution < -0.4 is 0 Å². The highest BCUT2D eigenvalue weighted by molar-refractivity contribution is 7.84. The molecule has 7 nitrogen and oxygen atoms in total. The normalized spacial score (nSPS) is 12.0. The van der Waals surface area contributed by atoms with E-state index in [1.807, 2.05) is 0 Å². The van der Waals surface area contributed by atoms with Gasteiger partial charge in [0.1, 0.15) is 4.90 Å². The Labute approximate surface area is 115 Å². The van der Waals surface area contributed by atoms with Gasteiger partial charge in [-0.1, -0.05) is 12.1 Å². The molecular formula is C12H9NO6S. The third kappa shape index (κ3) is 2.75. The number of nitrogens with zero attached hydrogens (tertiary/aromatic N) is 1. The average molecular weight is 295 g/mol. The number of benzene rings is 1. The van der Waals surface area contributed by atoms with Crippen LogP contribution in [0.3, 0.4) is 0 Å². The van der Waals surface area contributed by atoms with Crippen molar-refractivity contribution in [3.63, 3.8) is 0 Å². The number of carbonyl (C=O) groups is 1. The first-order valence-electron chi connectivity index (χ1n) is 5.42. The minimum absolute atomic E-state index is 0.0510. The molecule has 104 valence electrons. The summed E-state index contributed by atoms with van der Waals surface area (Å²) in [5.74, 6) is -1.75. The standard InChI is InChI=1S/C12H9NO6S/c14-12(15)11-8(5-6-19-11)7-20(18)10-4-2-1-3-9(10)13(16)17/h1-6H,7H2,(H,14,15). The number of carboxylic acids is 1. The highest BCUT2D eigenvalue weighted by atomic mass is 32.2. The lowest BCUT2D eigenvalue weighted by Crippen LogP contribution is -2.04. The second kappa shape index (κ2) is 5.66. The Morgan fingerprint density at radius 3 is 2.70 bits per heavy atom. The summed E-state index contributed by atoms with van der Waals surface area (Å²) in [6.07, 6.45) is 1.18. The number of carboxylic acid groups (broad SMARTS) is 1. The van der Waals surface area contributed by atoms with E-state index in [-0.39, 0.29) is 27.7 Å². The van der Waals surface area contributed by atoms with E-state index >= 15 is 0 Å². The Bertz CT molecular complexity index is 693. The Kier molecular flexibility index (Phi) is 3.94. The van der Waals surface area contributed by atoms with Crippen LogP contribution in [0.15, 0.2) is 45.9 Å². The fraction of sp³-hybridized carbons (Fsp3) is 0.0833. The lowest BCUT2D eigenvalue weighted by atomic mass is 10.3. The summed E-state index contributed by atoms with van der Waals surface area (Å²) in [7, 11) is -1.74. The quantitative estimate of drug-likeness (QED) is 0.668. The summed E-state index contributed by atoms with van der Waals surface area (Å²) in [6.45, 7) is 0. The van der Waals surface area contributed by atoms with Gasteiger partial charge in [-0.05, 0) is 12.1 Å². The molecule has 1 aromatic carbocycles. The van der Waals surface area contributed by atoms with Gasteiger partial charge in [0, 0.05) is 11.6 Å². The molecule has 0 aliphatic heterocycles. The van der Waals surface area contributed by atoms with E-state index < -0.39 is 21.7 Å². The van der Waals surface area contributed by atoms with Crippen LogP contribution in [0.5, 0.6) is 0 Å². The van der Waals surface area contributed by atoms with Crippen molar-refractivity contribution in [2.45, 2.75) is 10.6 Å². The van der Waals surface area contributed by atoms with Gasteiger partial charge in [-0.15, -0.1) is 0 Å². The molecule has 0 bridgehead atoms. The summed E-state index contributed by atoms with van der Waals surface area (Å²) in [5, 5.41) is 19.7. The number of hydrogen-bond donors (Lipinski definition) is 1. The van der Waals surface area contributed by atoms with Crippen molar-refractivity contribution in [3.05, 3.63) is 58.0 Å². The van der Waals surface area contributed by atoms with Gasteiger partial charge in [-0.2, -0.15) is 0 Å². The maximum absolute atomic E-state index is 12.2. The monoisotopic (exact) mass is 295 g/mol. The molecule has 2 aromatic rings. The van der Waals surface area contributed by atoms with Crippen LogP contribution in [0, 0.1) is 10.1 Å². The van der Waals surface area contributed by atoms with Gasteiger partial charge in [0.05, 0.1) is 27.7 Å². The minimum Gasteiger partial charge on any atom is -0.475 e. The first-order valence-corrected chi connectivity index (χ1v) is 6.74. The Hall–Kier alpha value is -2.48. The zero-order valence-electron chi connectivity index (χ0n) is 10.0. The molecule has 8 heteroatoms. The first-order chi connectivity index (χ1) is 9.50. The van der Waals surface area contributed by atoms with Crippen LogP contribution in [0.2, 0.25) is 0 Å². The van der Waals surface area contributed by atoms with Gasteiger partial charge in [0.25, 0.3) is 5.69 Å². The van der Waals surface area contributed by atoms with Crippen molar-refractivity contribution in [1.82, 2.24) is 0 Å². The fourth-order valence-corrected chi connectivity index (χ4v) is 2.93. The number of nitro benzene ring substituents is 1. The van der Waals surface area contributed by atoms with E-state index in [0.29, 0.717) is 0 Å². The molecule has 1 N–H and O–H groups in total. The van der Waals surface area contributed by atoms with Gasteiger partial charge in [-0.25, -0.2) is 4.79 Å². The highest BCUT2D eigenvalue weighted by Gasteiger charge is 2.21. The average Bonchev–Trinajstić information content (AvgIpc) is 2.87. The summed E-state index contributed by atoms with van der Waals surface area (Å²) in [6, 6.07) is 7.03. The third-order valence-corrected chi connectivity index (χ3v) is 3.94. The van der Waals surface area contributed by atoms with Crippen molar-refractivity contribution in [2.75, 3.05) is 0 Å². The largest absolute Gasteiger partial charge is 0.475 e. The molecule has 0 aliphatic rings. The third-order valence-electron chi connectivity index (χ3n) is 2.53. The number of aromatic carboxylic acids is 1. The van der Waals surface area contributed by atoms with Gasteiger partial charge in [0.2, 0.25) is 5.76 Å². The molecule has 0 radical (unpaired) electrons. The molecule has 1 aromatic heterocycles. The Balaban J connectivity index is 2.31. The molecule has 1 atom stereocenters. The fourth-order valence-electron chi connectivity index (χ4n) is 1.66. The number of furan rings is 1. The van der Waals surface area contributed by atoms with E-state index in [9.17, 15) is 19.1 Å². The van der Waals surface area contributed by atoms with Crippen molar-refractivity contribution >= 4 is 22.5 Å². The predicted octanol–water partition coefficient (Wildman–Crippen LogP) is 2.19. The van der Waals surface area contributed by atoms with Crippen LogP contribution >= 0.6 is 0 Å². The summed E-state index contributed by atoms with van der Waals surface area (Å²) in [4.78, 5) is 21.2. The SMILES string of the molecule is O=C(O)c1occc1CS(=O)c1ccccc1[N+](=O)[O-]. The van der Waals surface area contributed by atoms with E-state index in [2.05, 4.69) is 0 Å². The predicted molar refractivity (Wildman–Crippen MR) is 68.9 cm³/mol. The van der Waals surface area contributed by atoms with Gasteiger partial charge < -0.3 is 9.52 Å². The van der Waals surface area contributed by atoms with Crippen molar-refractivity contribution in [1.29, 1.82) is 0 Å². The maximum atomic E-state index is 12.2. The van der Waals surface area contributed by atoms with Crippen LogP contribution in [0.25, 0.3) is 0 Å². The number of nitro groups is 1. The lowest BCUT2D eigenvalue weighted by molar-refractivity contribution is -0.387. The molecule has 0 fully saturated rings. The molecule has 1 heterocycles. The van der Waals surface area contributed by atoms with Crippen molar-refractivity contribution < 1.29 is 23.5 Å². The zero-order chi connectivity index (χ0) is 14.7. The number of para-hydroxylation sites is 1. The minimum atomic E-state index is -1.74.